The summed E-state index contributed by atoms with van der Waals surface area (Å²) in [5.41, 5.74) is 4.31. The molecule has 2 heterocycles. The van der Waals surface area contributed by atoms with Crippen molar-refractivity contribution in [2.75, 3.05) is 13.2 Å². The summed E-state index contributed by atoms with van der Waals surface area (Å²) >= 11 is 0. The standard InChI is InChI=1S/C39H44O7/c40-23-35-33(45-35)21-22-34-37(42-25-30-15-7-2-8-16-30)39(44-27-32-19-11-4-12-20-32)38(43-26-31-17-9-3-10-18-31)36(46-34)28-41-24-29-13-5-1-6-14-29/h1-20,33-40H,21-28H2/t33?,34-,35-,36?,37?,38-,39+/m0/s1. The minimum absolute atomic E-state index is 0.0203. The molecule has 0 saturated carbocycles. The largest absolute Gasteiger partial charge is 0.394 e. The molecule has 7 nitrogen and oxygen atoms in total. The van der Waals surface area contributed by atoms with Gasteiger partial charge in [-0.1, -0.05) is 121 Å². The van der Waals surface area contributed by atoms with Gasteiger partial charge in [0.2, 0.25) is 0 Å². The molecule has 6 rings (SSSR count). The zero-order valence-electron chi connectivity index (χ0n) is 26.1. The van der Waals surface area contributed by atoms with Crippen LogP contribution in [0.2, 0.25) is 0 Å². The van der Waals surface area contributed by atoms with Crippen LogP contribution in [0.3, 0.4) is 0 Å². The quantitative estimate of drug-likeness (QED) is 0.139. The molecule has 242 valence electrons. The van der Waals surface area contributed by atoms with Gasteiger partial charge in [-0.15, -0.1) is 0 Å². The third kappa shape index (κ3) is 9.33. The summed E-state index contributed by atoms with van der Waals surface area (Å²) in [4.78, 5) is 0. The first-order valence-corrected chi connectivity index (χ1v) is 16.3. The molecule has 0 bridgehead atoms. The van der Waals surface area contributed by atoms with E-state index in [4.69, 9.17) is 28.4 Å². The molecule has 1 N–H and O–H groups in total. The Hall–Kier alpha value is -3.40. The average molecular weight is 625 g/mol. The number of hydrogen-bond acceptors (Lipinski definition) is 7. The molecular weight excluding hydrogens is 580 g/mol. The van der Waals surface area contributed by atoms with Crippen molar-refractivity contribution in [2.24, 2.45) is 0 Å². The molecule has 46 heavy (non-hydrogen) atoms. The first-order chi connectivity index (χ1) is 22.8. The van der Waals surface area contributed by atoms with Gasteiger partial charge in [-0.05, 0) is 35.1 Å². The second-order valence-electron chi connectivity index (χ2n) is 12.0. The highest BCUT2D eigenvalue weighted by molar-refractivity contribution is 5.16. The lowest BCUT2D eigenvalue weighted by molar-refractivity contribution is -0.273. The molecule has 4 aromatic rings. The third-order valence-corrected chi connectivity index (χ3v) is 8.58. The van der Waals surface area contributed by atoms with Gasteiger partial charge in [0.05, 0.1) is 51.8 Å². The van der Waals surface area contributed by atoms with Gasteiger partial charge in [0.25, 0.3) is 0 Å². The molecule has 2 aliphatic rings. The van der Waals surface area contributed by atoms with Crippen molar-refractivity contribution in [1.29, 1.82) is 0 Å². The summed E-state index contributed by atoms with van der Waals surface area (Å²) in [6.07, 6.45) is -0.660. The summed E-state index contributed by atoms with van der Waals surface area (Å²) in [6.45, 7) is 2.05. The molecule has 3 unspecified atom stereocenters. The summed E-state index contributed by atoms with van der Waals surface area (Å²) < 4.78 is 39.1. The van der Waals surface area contributed by atoms with Crippen LogP contribution in [0.1, 0.15) is 35.1 Å². The van der Waals surface area contributed by atoms with Gasteiger partial charge in [0.1, 0.15) is 30.5 Å². The molecule has 0 aliphatic carbocycles. The van der Waals surface area contributed by atoms with Crippen LogP contribution in [0, 0.1) is 0 Å². The van der Waals surface area contributed by atoms with Crippen molar-refractivity contribution < 1.29 is 33.5 Å². The van der Waals surface area contributed by atoms with Crippen molar-refractivity contribution in [3.8, 4) is 0 Å². The Balaban J connectivity index is 1.27. The monoisotopic (exact) mass is 624 g/mol. The highest BCUT2D eigenvalue weighted by Crippen LogP contribution is 2.35. The van der Waals surface area contributed by atoms with Crippen LogP contribution in [0.4, 0.5) is 0 Å². The van der Waals surface area contributed by atoms with E-state index in [1.54, 1.807) is 0 Å². The molecule has 0 amide bonds. The van der Waals surface area contributed by atoms with E-state index in [0.29, 0.717) is 39.5 Å². The normalized spacial score (nSPS) is 25.7. The van der Waals surface area contributed by atoms with Crippen LogP contribution in [0.5, 0.6) is 0 Å². The Morgan fingerprint density at radius 3 is 1.28 bits per heavy atom. The Morgan fingerprint density at radius 1 is 0.435 bits per heavy atom. The maximum absolute atomic E-state index is 9.58. The van der Waals surface area contributed by atoms with Gasteiger partial charge >= 0.3 is 0 Å². The van der Waals surface area contributed by atoms with Crippen LogP contribution in [0.15, 0.2) is 121 Å². The van der Waals surface area contributed by atoms with Crippen LogP contribution in [-0.4, -0.2) is 61.0 Å². The van der Waals surface area contributed by atoms with Gasteiger partial charge in [-0.2, -0.15) is 0 Å². The first kappa shape index (κ1) is 32.5. The average Bonchev–Trinajstić information content (AvgIpc) is 3.89. The number of rotatable bonds is 17. The number of benzene rings is 4. The number of aliphatic hydroxyl groups is 1. The van der Waals surface area contributed by atoms with Crippen LogP contribution < -0.4 is 0 Å². The molecule has 2 fully saturated rings. The van der Waals surface area contributed by atoms with Gasteiger partial charge in [0, 0.05) is 0 Å². The molecule has 7 atom stereocenters. The SMILES string of the molecule is OC[C@@H]1OC1CC[C@@H]1OC(COCc2ccccc2)[C@H](OCc2ccccc2)[C@H](OCc2ccccc2)C1OCc1ccccc1. The van der Waals surface area contributed by atoms with E-state index in [1.807, 2.05) is 72.8 Å². The Labute approximate surface area is 272 Å². The van der Waals surface area contributed by atoms with Gasteiger partial charge in [0.15, 0.2) is 0 Å². The maximum atomic E-state index is 9.58. The molecule has 0 spiro atoms. The summed E-state index contributed by atoms with van der Waals surface area (Å²) in [7, 11) is 0. The van der Waals surface area contributed by atoms with E-state index in [-0.39, 0.29) is 24.9 Å². The number of hydrogen-bond donors (Lipinski definition) is 1. The van der Waals surface area contributed by atoms with Crippen molar-refractivity contribution in [3.05, 3.63) is 144 Å². The molecule has 2 saturated heterocycles. The fourth-order valence-corrected chi connectivity index (χ4v) is 6.04. The van der Waals surface area contributed by atoms with Crippen molar-refractivity contribution >= 4 is 0 Å². The van der Waals surface area contributed by atoms with E-state index in [1.165, 1.54) is 0 Å². The molecule has 2 aliphatic heterocycles. The van der Waals surface area contributed by atoms with Gasteiger partial charge in [-0.3, -0.25) is 0 Å². The molecule has 4 aromatic carbocycles. The molecular formula is C39H44O7. The predicted molar refractivity (Wildman–Crippen MR) is 175 cm³/mol. The maximum Gasteiger partial charge on any atom is 0.115 e. The minimum atomic E-state index is -0.459. The van der Waals surface area contributed by atoms with E-state index >= 15 is 0 Å². The zero-order valence-corrected chi connectivity index (χ0v) is 26.1. The van der Waals surface area contributed by atoms with Crippen molar-refractivity contribution in [1.82, 2.24) is 0 Å². The van der Waals surface area contributed by atoms with Gasteiger partial charge in [-0.25, -0.2) is 0 Å². The van der Waals surface area contributed by atoms with Crippen molar-refractivity contribution in [2.45, 2.75) is 82.0 Å². The summed E-state index contributed by atoms with van der Waals surface area (Å²) in [6, 6.07) is 40.6. The number of aliphatic hydroxyl groups excluding tert-OH is 1. The lowest BCUT2D eigenvalue weighted by Gasteiger charge is -2.46. The zero-order chi connectivity index (χ0) is 31.4. The Kier molecular flexibility index (Phi) is 12.0. The second kappa shape index (κ2) is 17.0. The molecule has 0 radical (unpaired) electrons. The predicted octanol–water partition coefficient (Wildman–Crippen LogP) is 6.27. The lowest BCUT2D eigenvalue weighted by Crippen LogP contribution is -2.61. The summed E-state index contributed by atoms with van der Waals surface area (Å²) in [5, 5.41) is 9.58. The summed E-state index contributed by atoms with van der Waals surface area (Å²) in [5.74, 6) is 0. The Bertz CT molecular complexity index is 1410. The van der Waals surface area contributed by atoms with Crippen LogP contribution in [-0.2, 0) is 54.8 Å². The molecule has 0 aromatic heterocycles. The van der Waals surface area contributed by atoms with E-state index in [2.05, 4.69) is 48.5 Å². The Morgan fingerprint density at radius 2 is 0.826 bits per heavy atom. The topological polar surface area (TPSA) is 78.9 Å². The number of epoxide rings is 1. The fourth-order valence-electron chi connectivity index (χ4n) is 6.04. The van der Waals surface area contributed by atoms with Crippen molar-refractivity contribution in [3.63, 3.8) is 0 Å². The first-order valence-electron chi connectivity index (χ1n) is 16.3. The van der Waals surface area contributed by atoms with Crippen LogP contribution in [0.25, 0.3) is 0 Å². The minimum Gasteiger partial charge on any atom is -0.394 e. The van der Waals surface area contributed by atoms with Crippen LogP contribution >= 0.6 is 0 Å². The van der Waals surface area contributed by atoms with E-state index in [0.717, 1.165) is 28.7 Å². The second-order valence-corrected chi connectivity index (χ2v) is 12.0. The smallest absolute Gasteiger partial charge is 0.115 e. The fraction of sp³-hybridized carbons (Fsp3) is 0.385. The third-order valence-electron chi connectivity index (χ3n) is 8.58. The van der Waals surface area contributed by atoms with Gasteiger partial charge < -0.3 is 33.5 Å². The number of ether oxygens (including phenoxy) is 6. The van der Waals surface area contributed by atoms with E-state index < -0.39 is 24.4 Å². The lowest BCUT2D eigenvalue weighted by atomic mass is 9.91. The van der Waals surface area contributed by atoms with E-state index in [9.17, 15) is 5.11 Å². The highest BCUT2D eigenvalue weighted by atomic mass is 16.6. The highest BCUT2D eigenvalue weighted by Gasteiger charge is 2.49. The molecule has 7 heteroatoms.